The van der Waals surface area contributed by atoms with Gasteiger partial charge < -0.3 is 5.11 Å². The molecule has 3 unspecified atom stereocenters. The molecule has 1 saturated carbocycles. The van der Waals surface area contributed by atoms with Crippen molar-refractivity contribution >= 4 is 0 Å². The van der Waals surface area contributed by atoms with Gasteiger partial charge >= 0.3 is 0 Å². The molecule has 0 radical (unpaired) electrons. The molecule has 3 fully saturated rings. The number of rotatable bonds is 4. The molecule has 1 N–H and O–H groups in total. The fourth-order valence-electron chi connectivity index (χ4n) is 4.68. The molecule has 0 aromatic rings. The Morgan fingerprint density at radius 2 is 2.11 bits per heavy atom. The lowest BCUT2D eigenvalue weighted by molar-refractivity contribution is 0.0520. The normalized spacial score (nSPS) is 40.4. The third kappa shape index (κ3) is 2.57. The molecule has 2 aliphatic heterocycles. The second-order valence-corrected chi connectivity index (χ2v) is 7.35. The molecule has 0 bridgehead atoms. The number of aliphatic hydroxyl groups excluding tert-OH is 1. The summed E-state index contributed by atoms with van der Waals surface area (Å²) >= 11 is 0. The number of piperidine rings is 2. The van der Waals surface area contributed by atoms with Crippen LogP contribution in [0.25, 0.3) is 0 Å². The van der Waals surface area contributed by atoms with Crippen molar-refractivity contribution in [3.63, 3.8) is 0 Å². The summed E-state index contributed by atoms with van der Waals surface area (Å²) in [6, 6.07) is 0.756. The van der Waals surface area contributed by atoms with Crippen LogP contribution in [0.15, 0.2) is 0 Å². The number of hydrogen-bond acceptors (Lipinski definition) is 3. The molecule has 3 atom stereocenters. The third-order valence-electron chi connectivity index (χ3n) is 6.16. The van der Waals surface area contributed by atoms with Crippen molar-refractivity contribution in [3.8, 4) is 0 Å². The molecule has 0 aromatic carbocycles. The fraction of sp³-hybridized carbons (Fsp3) is 1.00. The smallest absolute Gasteiger partial charge is 0.0558 e. The Balaban J connectivity index is 1.54. The summed E-state index contributed by atoms with van der Waals surface area (Å²) < 4.78 is 0. The minimum Gasteiger partial charge on any atom is -0.395 e. The Bertz CT molecular complexity index is 318. The molecular weight excluding hydrogens is 236 g/mol. The highest BCUT2D eigenvalue weighted by molar-refractivity contribution is 5.08. The maximum absolute atomic E-state index is 9.10. The van der Waals surface area contributed by atoms with Crippen LogP contribution in [0.1, 0.15) is 39.5 Å². The highest BCUT2D eigenvalue weighted by atomic mass is 16.3. The molecule has 0 spiro atoms. The van der Waals surface area contributed by atoms with Crippen LogP contribution in [0.5, 0.6) is 0 Å². The monoisotopic (exact) mass is 266 g/mol. The lowest BCUT2D eigenvalue weighted by Gasteiger charge is -2.43. The van der Waals surface area contributed by atoms with Crippen molar-refractivity contribution in [2.24, 2.45) is 17.3 Å². The molecule has 0 amide bonds. The average molecular weight is 266 g/mol. The lowest BCUT2D eigenvalue weighted by atomic mass is 9.83. The van der Waals surface area contributed by atoms with E-state index in [2.05, 4.69) is 23.6 Å². The van der Waals surface area contributed by atoms with Crippen LogP contribution in [0.4, 0.5) is 0 Å². The van der Waals surface area contributed by atoms with Crippen molar-refractivity contribution < 1.29 is 5.11 Å². The van der Waals surface area contributed by atoms with Gasteiger partial charge in [-0.1, -0.05) is 13.8 Å². The van der Waals surface area contributed by atoms with Crippen molar-refractivity contribution in [3.05, 3.63) is 0 Å². The van der Waals surface area contributed by atoms with Gasteiger partial charge in [0.05, 0.1) is 6.61 Å². The van der Waals surface area contributed by atoms with Crippen LogP contribution in [-0.4, -0.2) is 60.3 Å². The number of likely N-dealkylation sites (tertiary alicyclic amines) is 2. The Labute approximate surface area is 118 Å². The molecular formula is C16H30N2O. The van der Waals surface area contributed by atoms with Gasteiger partial charge in [0.1, 0.15) is 0 Å². The maximum atomic E-state index is 9.10. The van der Waals surface area contributed by atoms with Gasteiger partial charge in [-0.25, -0.2) is 0 Å². The van der Waals surface area contributed by atoms with E-state index >= 15 is 0 Å². The predicted molar refractivity (Wildman–Crippen MR) is 78.1 cm³/mol. The first-order valence-electron chi connectivity index (χ1n) is 8.23. The highest BCUT2D eigenvalue weighted by Gasteiger charge is 2.58. The largest absolute Gasteiger partial charge is 0.395 e. The van der Waals surface area contributed by atoms with Crippen LogP contribution >= 0.6 is 0 Å². The fourth-order valence-corrected chi connectivity index (χ4v) is 4.68. The standard InChI is InChI=1S/C16H30N2O/c1-13(2)16-5-7-18(11-14(16)10-16)15-4-3-6-17(12-15)8-9-19/h13-15,19H,3-12H2,1-2H3. The van der Waals surface area contributed by atoms with Crippen molar-refractivity contribution in [2.45, 2.75) is 45.6 Å². The number of β-amino-alcohol motifs (C(OH)–C–C–N with tert-alkyl or cyclic N) is 1. The van der Waals surface area contributed by atoms with Crippen LogP contribution < -0.4 is 0 Å². The molecule has 2 heterocycles. The van der Waals surface area contributed by atoms with Gasteiger partial charge in [0.2, 0.25) is 0 Å². The Morgan fingerprint density at radius 3 is 2.79 bits per heavy atom. The molecule has 0 aromatic heterocycles. The number of aliphatic hydroxyl groups is 1. The summed E-state index contributed by atoms with van der Waals surface area (Å²) in [5.41, 5.74) is 0.718. The second-order valence-electron chi connectivity index (χ2n) is 7.35. The summed E-state index contributed by atoms with van der Waals surface area (Å²) in [6.07, 6.45) is 5.57. The van der Waals surface area contributed by atoms with Gasteiger partial charge in [-0.15, -0.1) is 0 Å². The summed E-state index contributed by atoms with van der Waals surface area (Å²) in [5.74, 6) is 1.85. The predicted octanol–water partition coefficient (Wildman–Crippen LogP) is 1.81. The van der Waals surface area contributed by atoms with Crippen LogP contribution in [0.3, 0.4) is 0 Å². The zero-order valence-electron chi connectivity index (χ0n) is 12.6. The maximum Gasteiger partial charge on any atom is 0.0558 e. The quantitative estimate of drug-likeness (QED) is 0.841. The second kappa shape index (κ2) is 5.34. The first-order chi connectivity index (χ1) is 9.15. The topological polar surface area (TPSA) is 26.7 Å². The Hall–Kier alpha value is -0.120. The van der Waals surface area contributed by atoms with Gasteiger partial charge in [-0.05, 0) is 56.0 Å². The molecule has 3 rings (SSSR count). The zero-order chi connectivity index (χ0) is 13.5. The minimum absolute atomic E-state index is 0.311. The van der Waals surface area contributed by atoms with Crippen molar-refractivity contribution in [2.75, 3.05) is 39.3 Å². The van der Waals surface area contributed by atoms with E-state index < -0.39 is 0 Å². The van der Waals surface area contributed by atoms with Gasteiger partial charge in [0.25, 0.3) is 0 Å². The van der Waals surface area contributed by atoms with Crippen LogP contribution in [-0.2, 0) is 0 Å². The van der Waals surface area contributed by atoms with Crippen LogP contribution in [0, 0.1) is 17.3 Å². The highest BCUT2D eigenvalue weighted by Crippen LogP contribution is 2.62. The SMILES string of the molecule is CC(C)C12CCN(C3CCCN(CCO)C3)CC1C2. The summed E-state index contributed by atoms with van der Waals surface area (Å²) in [7, 11) is 0. The van der Waals surface area contributed by atoms with E-state index in [9.17, 15) is 0 Å². The molecule has 3 aliphatic rings. The van der Waals surface area contributed by atoms with Gasteiger partial charge in [0, 0.05) is 25.7 Å². The van der Waals surface area contributed by atoms with Gasteiger partial charge in [-0.2, -0.15) is 0 Å². The van der Waals surface area contributed by atoms with E-state index in [-0.39, 0.29) is 0 Å². The lowest BCUT2D eigenvalue weighted by Crippen LogP contribution is -2.51. The van der Waals surface area contributed by atoms with E-state index in [1.54, 1.807) is 0 Å². The zero-order valence-corrected chi connectivity index (χ0v) is 12.6. The van der Waals surface area contributed by atoms with E-state index in [0.29, 0.717) is 6.61 Å². The van der Waals surface area contributed by atoms with Gasteiger partial charge in [0.15, 0.2) is 0 Å². The van der Waals surface area contributed by atoms with Crippen molar-refractivity contribution in [1.82, 2.24) is 9.80 Å². The summed E-state index contributed by atoms with van der Waals surface area (Å²) in [4.78, 5) is 5.22. The van der Waals surface area contributed by atoms with Crippen molar-refractivity contribution in [1.29, 1.82) is 0 Å². The Morgan fingerprint density at radius 1 is 1.26 bits per heavy atom. The van der Waals surface area contributed by atoms with E-state index in [4.69, 9.17) is 5.11 Å². The molecule has 110 valence electrons. The molecule has 3 heteroatoms. The average Bonchev–Trinajstić information content (AvgIpc) is 3.14. The van der Waals surface area contributed by atoms with Crippen LogP contribution in [0.2, 0.25) is 0 Å². The number of hydrogen-bond donors (Lipinski definition) is 1. The van der Waals surface area contributed by atoms with E-state index in [1.165, 1.54) is 51.9 Å². The Kier molecular flexibility index (Phi) is 3.89. The minimum atomic E-state index is 0.311. The first-order valence-corrected chi connectivity index (χ1v) is 8.23. The first kappa shape index (κ1) is 13.8. The number of nitrogens with zero attached hydrogens (tertiary/aromatic N) is 2. The van der Waals surface area contributed by atoms with E-state index in [0.717, 1.165) is 29.8 Å². The molecule has 2 saturated heterocycles. The summed E-state index contributed by atoms with van der Waals surface area (Å²) in [6.45, 7) is 11.0. The van der Waals surface area contributed by atoms with Gasteiger partial charge in [-0.3, -0.25) is 9.80 Å². The number of fused-ring (bicyclic) bond motifs is 1. The summed E-state index contributed by atoms with van der Waals surface area (Å²) in [5, 5.41) is 9.10. The molecule has 1 aliphatic carbocycles. The third-order valence-corrected chi connectivity index (χ3v) is 6.16. The molecule has 19 heavy (non-hydrogen) atoms. The van der Waals surface area contributed by atoms with E-state index in [1.807, 2.05) is 0 Å². The molecule has 3 nitrogen and oxygen atoms in total.